The average Bonchev–Trinajstić information content (AvgIpc) is 3.03. The molecule has 1 atom stereocenters. The highest BCUT2D eigenvalue weighted by molar-refractivity contribution is 6.46. The largest absolute Gasteiger partial charge is 0.507 e. The number of methoxy groups -OCH3 is 3. The number of likely N-dealkylation sites (tertiary alicyclic amines) is 1. The van der Waals surface area contributed by atoms with Crippen LogP contribution >= 0.6 is 0 Å². The fourth-order valence-corrected chi connectivity index (χ4v) is 3.86. The summed E-state index contributed by atoms with van der Waals surface area (Å²) in [5.74, 6) is -0.751. The number of benzene rings is 2. The van der Waals surface area contributed by atoms with Gasteiger partial charge in [-0.3, -0.25) is 9.59 Å². The number of amides is 1. The lowest BCUT2D eigenvalue weighted by molar-refractivity contribution is -0.140. The lowest BCUT2D eigenvalue weighted by Crippen LogP contribution is -2.31. The van der Waals surface area contributed by atoms with Gasteiger partial charge in [-0.2, -0.15) is 0 Å². The molecule has 1 saturated heterocycles. The van der Waals surface area contributed by atoms with E-state index in [9.17, 15) is 14.7 Å². The molecule has 0 saturated carbocycles. The number of aryl methyl sites for hydroxylation is 1. The molecule has 7 heteroatoms. The van der Waals surface area contributed by atoms with Crippen LogP contribution in [0.2, 0.25) is 0 Å². The second kappa shape index (κ2) is 9.66. The number of carbonyl (C=O) groups is 2. The first kappa shape index (κ1) is 22.4. The van der Waals surface area contributed by atoms with E-state index in [4.69, 9.17) is 14.2 Å². The van der Waals surface area contributed by atoms with Crippen LogP contribution in [-0.4, -0.2) is 56.2 Å². The molecule has 1 unspecified atom stereocenters. The Hall–Kier alpha value is -3.32. The minimum atomic E-state index is -0.793. The number of Topliss-reactive ketones (excluding diaryl/α,β-unsaturated/α-hetero) is 1. The summed E-state index contributed by atoms with van der Waals surface area (Å²) in [5.41, 5.74) is 1.87. The Balaban J connectivity index is 2.23. The summed E-state index contributed by atoms with van der Waals surface area (Å²) in [7, 11) is 4.60. The van der Waals surface area contributed by atoms with Gasteiger partial charge < -0.3 is 24.2 Å². The molecule has 0 radical (unpaired) electrons. The third-order valence-corrected chi connectivity index (χ3v) is 5.33. The van der Waals surface area contributed by atoms with Crippen molar-refractivity contribution in [3.05, 3.63) is 64.7 Å². The molecule has 1 aliphatic heterocycles. The molecule has 1 aliphatic rings. The molecule has 164 valence electrons. The van der Waals surface area contributed by atoms with Crippen molar-refractivity contribution in [3.8, 4) is 11.5 Å². The van der Waals surface area contributed by atoms with Crippen molar-refractivity contribution in [2.75, 3.05) is 34.5 Å². The number of hydrogen-bond donors (Lipinski definition) is 1. The first-order valence-corrected chi connectivity index (χ1v) is 9.99. The minimum absolute atomic E-state index is 0.0100. The van der Waals surface area contributed by atoms with Gasteiger partial charge in [0.25, 0.3) is 11.7 Å². The van der Waals surface area contributed by atoms with Crippen LogP contribution in [0.4, 0.5) is 0 Å². The summed E-state index contributed by atoms with van der Waals surface area (Å²) in [6.45, 7) is 2.60. The van der Waals surface area contributed by atoms with Crippen molar-refractivity contribution in [1.82, 2.24) is 4.90 Å². The highest BCUT2D eigenvalue weighted by Crippen LogP contribution is 2.43. The number of para-hydroxylation sites is 1. The second-order valence-corrected chi connectivity index (χ2v) is 7.28. The fourth-order valence-electron chi connectivity index (χ4n) is 3.86. The molecule has 7 nitrogen and oxygen atoms in total. The molecule has 2 aromatic carbocycles. The number of rotatable bonds is 8. The van der Waals surface area contributed by atoms with E-state index >= 15 is 0 Å². The monoisotopic (exact) mass is 425 g/mol. The minimum Gasteiger partial charge on any atom is -0.507 e. The summed E-state index contributed by atoms with van der Waals surface area (Å²) in [4.78, 5) is 27.5. The van der Waals surface area contributed by atoms with E-state index in [1.54, 1.807) is 37.4 Å². The van der Waals surface area contributed by atoms with E-state index < -0.39 is 17.7 Å². The molecule has 1 heterocycles. The Morgan fingerprint density at radius 2 is 1.74 bits per heavy atom. The van der Waals surface area contributed by atoms with E-state index in [1.807, 2.05) is 19.1 Å². The van der Waals surface area contributed by atoms with Gasteiger partial charge in [-0.05, 0) is 31.5 Å². The number of aliphatic hydroxyl groups is 1. The van der Waals surface area contributed by atoms with Crippen molar-refractivity contribution in [2.45, 2.75) is 19.4 Å². The van der Waals surface area contributed by atoms with Gasteiger partial charge in [0.2, 0.25) is 0 Å². The van der Waals surface area contributed by atoms with Gasteiger partial charge in [0, 0.05) is 25.8 Å². The molecule has 3 rings (SSSR count). The zero-order chi connectivity index (χ0) is 22.5. The maximum atomic E-state index is 13.1. The molecule has 1 N–H and O–H groups in total. The zero-order valence-electron chi connectivity index (χ0n) is 18.2. The number of nitrogens with zero attached hydrogens (tertiary/aromatic N) is 1. The molecule has 31 heavy (non-hydrogen) atoms. The zero-order valence-corrected chi connectivity index (χ0v) is 18.2. The Kier molecular flexibility index (Phi) is 6.97. The third kappa shape index (κ3) is 4.27. The molecule has 1 amide bonds. The Labute approximate surface area is 181 Å². The number of carbonyl (C=O) groups excluding carboxylic acids is 2. The SMILES string of the molecule is COCCCN1C(=O)C(=O)/C(=C(/O)c2cc(C)ccc2OC)C1c1ccccc1OC. The van der Waals surface area contributed by atoms with Crippen molar-refractivity contribution in [3.63, 3.8) is 0 Å². The number of hydrogen-bond acceptors (Lipinski definition) is 6. The topological polar surface area (TPSA) is 85.3 Å². The highest BCUT2D eigenvalue weighted by atomic mass is 16.5. The lowest BCUT2D eigenvalue weighted by Gasteiger charge is -2.26. The summed E-state index contributed by atoms with van der Waals surface area (Å²) in [6, 6.07) is 11.7. The number of aliphatic hydroxyl groups excluding tert-OH is 1. The second-order valence-electron chi connectivity index (χ2n) is 7.28. The lowest BCUT2D eigenvalue weighted by atomic mass is 9.94. The quantitative estimate of drug-likeness (QED) is 0.302. The fraction of sp³-hybridized carbons (Fsp3) is 0.333. The van der Waals surface area contributed by atoms with Crippen LogP contribution in [0.25, 0.3) is 5.76 Å². The van der Waals surface area contributed by atoms with Crippen molar-refractivity contribution >= 4 is 17.4 Å². The van der Waals surface area contributed by atoms with E-state index in [-0.39, 0.29) is 11.3 Å². The molecule has 1 fully saturated rings. The number of ether oxygens (including phenoxy) is 3. The predicted octanol–water partition coefficient (Wildman–Crippen LogP) is 3.47. The van der Waals surface area contributed by atoms with Gasteiger partial charge in [-0.15, -0.1) is 0 Å². The van der Waals surface area contributed by atoms with Crippen LogP contribution in [0.15, 0.2) is 48.0 Å². The van der Waals surface area contributed by atoms with Gasteiger partial charge in [-0.25, -0.2) is 0 Å². The van der Waals surface area contributed by atoms with Crippen LogP contribution in [0.3, 0.4) is 0 Å². The van der Waals surface area contributed by atoms with E-state index in [0.717, 1.165) is 5.56 Å². The van der Waals surface area contributed by atoms with Gasteiger partial charge in [0.15, 0.2) is 0 Å². The summed E-state index contributed by atoms with van der Waals surface area (Å²) in [6.07, 6.45) is 0.545. The molecule has 0 aliphatic carbocycles. The van der Waals surface area contributed by atoms with Gasteiger partial charge in [-0.1, -0.05) is 29.8 Å². The van der Waals surface area contributed by atoms with E-state index in [2.05, 4.69) is 0 Å². The van der Waals surface area contributed by atoms with Crippen molar-refractivity contribution < 1.29 is 28.9 Å². The summed E-state index contributed by atoms with van der Waals surface area (Å²) < 4.78 is 16.0. The maximum absolute atomic E-state index is 13.1. The van der Waals surface area contributed by atoms with Crippen LogP contribution in [0, 0.1) is 6.92 Å². The standard InChI is InChI=1S/C24H27NO6/c1-15-10-11-19(31-4)17(14-15)22(26)20-21(16-8-5-6-9-18(16)30-3)25(12-7-13-29-2)24(28)23(20)27/h5-6,8-11,14,21,26H,7,12-13H2,1-4H3/b22-20+. The Morgan fingerprint density at radius 1 is 1.03 bits per heavy atom. The first-order valence-electron chi connectivity index (χ1n) is 9.99. The van der Waals surface area contributed by atoms with Crippen LogP contribution in [-0.2, 0) is 14.3 Å². The van der Waals surface area contributed by atoms with E-state index in [1.165, 1.54) is 19.1 Å². The first-order chi connectivity index (χ1) is 14.9. The van der Waals surface area contributed by atoms with Crippen molar-refractivity contribution in [1.29, 1.82) is 0 Å². The Morgan fingerprint density at radius 3 is 2.42 bits per heavy atom. The molecule has 0 spiro atoms. The van der Waals surface area contributed by atoms with E-state index in [0.29, 0.717) is 42.2 Å². The summed E-state index contributed by atoms with van der Waals surface area (Å²) in [5, 5.41) is 11.3. The van der Waals surface area contributed by atoms with Crippen LogP contribution in [0.1, 0.15) is 29.2 Å². The highest BCUT2D eigenvalue weighted by Gasteiger charge is 2.47. The predicted molar refractivity (Wildman–Crippen MR) is 116 cm³/mol. The van der Waals surface area contributed by atoms with Crippen LogP contribution in [0.5, 0.6) is 11.5 Å². The summed E-state index contributed by atoms with van der Waals surface area (Å²) >= 11 is 0. The molecule has 2 aromatic rings. The normalized spacial score (nSPS) is 17.8. The van der Waals surface area contributed by atoms with Gasteiger partial charge in [0.1, 0.15) is 17.3 Å². The Bertz CT molecular complexity index is 1010. The maximum Gasteiger partial charge on any atom is 0.295 e. The van der Waals surface area contributed by atoms with Gasteiger partial charge in [0.05, 0.1) is 31.4 Å². The average molecular weight is 425 g/mol. The van der Waals surface area contributed by atoms with Gasteiger partial charge >= 0.3 is 0 Å². The molecule has 0 bridgehead atoms. The molecular weight excluding hydrogens is 398 g/mol. The van der Waals surface area contributed by atoms with Crippen molar-refractivity contribution in [2.24, 2.45) is 0 Å². The molecular formula is C24H27NO6. The number of ketones is 1. The van der Waals surface area contributed by atoms with Crippen LogP contribution < -0.4 is 9.47 Å². The molecule has 0 aromatic heterocycles. The smallest absolute Gasteiger partial charge is 0.295 e. The third-order valence-electron chi connectivity index (χ3n) is 5.33.